The van der Waals surface area contributed by atoms with Crippen molar-refractivity contribution in [2.75, 3.05) is 52.6 Å². The van der Waals surface area contributed by atoms with Crippen LogP contribution in [0.5, 0.6) is 0 Å². The van der Waals surface area contributed by atoms with E-state index in [4.69, 9.17) is 10.5 Å². The average Bonchev–Trinajstić information content (AvgIpc) is 3.55. The van der Waals surface area contributed by atoms with E-state index in [2.05, 4.69) is 34.7 Å². The molecule has 11 nitrogen and oxygen atoms in total. The summed E-state index contributed by atoms with van der Waals surface area (Å²) in [6.07, 6.45) is 0.0123. The van der Waals surface area contributed by atoms with Gasteiger partial charge in [-0.25, -0.2) is 13.2 Å². The molecule has 0 bridgehead atoms. The summed E-state index contributed by atoms with van der Waals surface area (Å²) in [5.41, 5.74) is 8.08. The Morgan fingerprint density at radius 2 is 1.49 bits per heavy atom. The second kappa shape index (κ2) is 16.7. The third-order valence-corrected chi connectivity index (χ3v) is 10.6. The van der Waals surface area contributed by atoms with E-state index in [9.17, 15) is 18.0 Å². The Morgan fingerprint density at radius 1 is 0.915 bits per heavy atom. The van der Waals surface area contributed by atoms with Crippen LogP contribution in [-0.2, 0) is 19.6 Å². The number of ether oxygens (including phenoxy) is 1. The molecule has 1 aliphatic heterocycles. The number of nitrogens with two attached hydrogens (primary N) is 1. The van der Waals surface area contributed by atoms with Crippen molar-refractivity contribution < 1.29 is 22.7 Å². The van der Waals surface area contributed by atoms with Gasteiger partial charge in [0.25, 0.3) is 0 Å². The molecule has 0 radical (unpaired) electrons. The first kappa shape index (κ1) is 35.9. The van der Waals surface area contributed by atoms with Gasteiger partial charge in [0.05, 0.1) is 18.0 Å². The Morgan fingerprint density at radius 3 is 2.04 bits per heavy atom. The number of carbonyl (C=O) groups excluding carboxylic acids is 2. The van der Waals surface area contributed by atoms with Crippen LogP contribution < -0.4 is 21.7 Å². The van der Waals surface area contributed by atoms with Crippen molar-refractivity contribution in [2.45, 2.75) is 49.2 Å². The number of sulfonamides is 1. The van der Waals surface area contributed by atoms with Crippen LogP contribution in [0.1, 0.15) is 37.3 Å². The molecule has 2 amide bonds. The van der Waals surface area contributed by atoms with Crippen LogP contribution in [0.3, 0.4) is 0 Å². The van der Waals surface area contributed by atoms with Gasteiger partial charge >= 0.3 is 6.09 Å². The summed E-state index contributed by atoms with van der Waals surface area (Å²) < 4.78 is 34.4. The number of benzene rings is 3. The van der Waals surface area contributed by atoms with Crippen LogP contribution in [0.2, 0.25) is 0 Å². The molecule has 0 saturated carbocycles. The SMILES string of the molecule is COC(=O)NC(C(=O)NCCN(C)[C@@H]1CNC[C@H]1N(CCC(C)C)S(=O)(=O)c1ccc(N)cc1)C(c1ccccc1)c1ccccc1. The number of methoxy groups -OCH3 is 1. The summed E-state index contributed by atoms with van der Waals surface area (Å²) in [6.45, 7) is 6.39. The first-order valence-corrected chi connectivity index (χ1v) is 17.5. The Balaban J connectivity index is 1.50. The number of hydrogen-bond acceptors (Lipinski definition) is 8. The maximum atomic E-state index is 13.9. The molecule has 47 heavy (non-hydrogen) atoms. The first-order valence-electron chi connectivity index (χ1n) is 16.0. The van der Waals surface area contributed by atoms with Crippen molar-refractivity contribution in [1.82, 2.24) is 25.2 Å². The molecule has 1 fully saturated rings. The second-order valence-electron chi connectivity index (χ2n) is 12.3. The molecular formula is C35H48N6O5S. The van der Waals surface area contributed by atoms with Gasteiger partial charge in [0.1, 0.15) is 6.04 Å². The van der Waals surface area contributed by atoms with Crippen molar-refractivity contribution in [3.05, 3.63) is 96.1 Å². The predicted octanol–water partition coefficient (Wildman–Crippen LogP) is 3.25. The molecule has 254 valence electrons. The molecule has 3 atom stereocenters. The minimum Gasteiger partial charge on any atom is -0.453 e. The molecule has 3 aromatic rings. The van der Waals surface area contributed by atoms with Gasteiger partial charge in [-0.2, -0.15) is 4.31 Å². The van der Waals surface area contributed by atoms with Gasteiger partial charge < -0.3 is 26.4 Å². The van der Waals surface area contributed by atoms with E-state index in [0.29, 0.717) is 37.8 Å². The fraction of sp³-hybridized carbons (Fsp3) is 0.429. The predicted molar refractivity (Wildman–Crippen MR) is 184 cm³/mol. The van der Waals surface area contributed by atoms with Gasteiger partial charge in [-0.3, -0.25) is 9.69 Å². The molecule has 3 aromatic carbocycles. The number of carbonyl (C=O) groups is 2. The maximum absolute atomic E-state index is 13.9. The van der Waals surface area contributed by atoms with Crippen molar-refractivity contribution in [1.29, 1.82) is 0 Å². The summed E-state index contributed by atoms with van der Waals surface area (Å²) in [7, 11) is -0.590. The van der Waals surface area contributed by atoms with Crippen LogP contribution in [0, 0.1) is 5.92 Å². The Bertz CT molecular complexity index is 1500. The molecule has 12 heteroatoms. The van der Waals surface area contributed by atoms with E-state index in [0.717, 1.165) is 17.5 Å². The third-order valence-electron chi connectivity index (χ3n) is 8.66. The summed E-state index contributed by atoms with van der Waals surface area (Å²) >= 11 is 0. The number of hydrogen-bond donors (Lipinski definition) is 4. The molecular weight excluding hydrogens is 616 g/mol. The summed E-state index contributed by atoms with van der Waals surface area (Å²) in [6, 6.07) is 24.1. The van der Waals surface area contributed by atoms with E-state index in [-0.39, 0.29) is 29.4 Å². The lowest BCUT2D eigenvalue weighted by molar-refractivity contribution is -0.123. The van der Waals surface area contributed by atoms with Gasteiger partial charge in [-0.05, 0) is 54.8 Å². The van der Waals surface area contributed by atoms with Crippen molar-refractivity contribution >= 4 is 27.7 Å². The molecule has 0 spiro atoms. The van der Waals surface area contributed by atoms with Crippen LogP contribution in [0.15, 0.2) is 89.8 Å². The molecule has 0 aliphatic carbocycles. The van der Waals surface area contributed by atoms with E-state index >= 15 is 0 Å². The lowest BCUT2D eigenvalue weighted by Gasteiger charge is -2.36. The standard InChI is InChI=1S/C35H48N6O5S/c1-25(2)19-21-41(47(44,45)29-17-15-28(36)16-18-29)31-24-37-23-30(31)40(3)22-20-38-34(42)33(39-35(43)46-4)32(26-11-7-5-8-12-26)27-13-9-6-10-14-27/h5-18,25,30-33,37H,19-24,36H2,1-4H3,(H,38,42)(H,39,43)/t30-,31-,33?/m1/s1. The van der Waals surface area contributed by atoms with Crippen LogP contribution >= 0.6 is 0 Å². The third kappa shape index (κ3) is 9.32. The van der Waals surface area contributed by atoms with Gasteiger partial charge in [-0.1, -0.05) is 74.5 Å². The highest BCUT2D eigenvalue weighted by atomic mass is 32.2. The van der Waals surface area contributed by atoms with E-state index in [1.165, 1.54) is 7.11 Å². The molecule has 1 saturated heterocycles. The van der Waals surface area contributed by atoms with Gasteiger partial charge in [0, 0.05) is 50.4 Å². The quantitative estimate of drug-likeness (QED) is 0.181. The number of anilines is 1. The topological polar surface area (TPSA) is 146 Å². The van der Waals surface area contributed by atoms with Crippen molar-refractivity contribution in [2.24, 2.45) is 5.92 Å². The van der Waals surface area contributed by atoms with E-state index in [1.807, 2.05) is 67.7 Å². The Hall–Kier alpha value is -3.97. The zero-order chi connectivity index (χ0) is 34.0. The fourth-order valence-corrected chi connectivity index (χ4v) is 7.70. The molecule has 1 aliphatic rings. The molecule has 4 rings (SSSR count). The second-order valence-corrected chi connectivity index (χ2v) is 14.2. The minimum atomic E-state index is -3.80. The summed E-state index contributed by atoms with van der Waals surface area (Å²) in [5.74, 6) is -0.500. The number of rotatable bonds is 15. The number of alkyl carbamates (subject to hydrolysis) is 1. The van der Waals surface area contributed by atoms with Gasteiger partial charge in [0.2, 0.25) is 15.9 Å². The van der Waals surface area contributed by atoms with Gasteiger partial charge in [0.15, 0.2) is 0 Å². The number of nitrogens with zero attached hydrogens (tertiary/aromatic N) is 2. The van der Waals surface area contributed by atoms with E-state index in [1.54, 1.807) is 28.6 Å². The molecule has 1 heterocycles. The highest BCUT2D eigenvalue weighted by Crippen LogP contribution is 2.29. The molecule has 0 aromatic heterocycles. The number of likely N-dealkylation sites (N-methyl/N-ethyl adjacent to an activating group) is 1. The van der Waals surface area contributed by atoms with Crippen LogP contribution in [-0.4, -0.2) is 94.6 Å². The highest BCUT2D eigenvalue weighted by Gasteiger charge is 2.41. The largest absolute Gasteiger partial charge is 0.453 e. The zero-order valence-corrected chi connectivity index (χ0v) is 28.5. The average molecular weight is 665 g/mol. The zero-order valence-electron chi connectivity index (χ0n) is 27.6. The highest BCUT2D eigenvalue weighted by molar-refractivity contribution is 7.89. The maximum Gasteiger partial charge on any atom is 0.407 e. The smallest absolute Gasteiger partial charge is 0.407 e. The van der Waals surface area contributed by atoms with Crippen LogP contribution in [0.4, 0.5) is 10.5 Å². The molecule has 1 unspecified atom stereocenters. The lowest BCUT2D eigenvalue weighted by atomic mass is 9.84. The summed E-state index contributed by atoms with van der Waals surface area (Å²) in [4.78, 5) is 28.6. The number of nitrogen functional groups attached to an aromatic ring is 1. The minimum absolute atomic E-state index is 0.131. The normalized spacial score (nSPS) is 17.3. The first-order chi connectivity index (χ1) is 22.5. The number of nitrogens with one attached hydrogen (secondary N) is 3. The van der Waals surface area contributed by atoms with Crippen molar-refractivity contribution in [3.63, 3.8) is 0 Å². The van der Waals surface area contributed by atoms with E-state index < -0.39 is 28.1 Å². The summed E-state index contributed by atoms with van der Waals surface area (Å²) in [5, 5.41) is 9.16. The monoisotopic (exact) mass is 664 g/mol. The number of amides is 2. The Labute approximate surface area is 278 Å². The van der Waals surface area contributed by atoms with Crippen LogP contribution in [0.25, 0.3) is 0 Å². The molecule has 5 N–H and O–H groups in total. The van der Waals surface area contributed by atoms with Gasteiger partial charge in [-0.15, -0.1) is 0 Å². The van der Waals surface area contributed by atoms with Crippen molar-refractivity contribution in [3.8, 4) is 0 Å². The fourth-order valence-electron chi connectivity index (χ4n) is 6.03. The lowest BCUT2D eigenvalue weighted by Crippen LogP contribution is -2.54. The Kier molecular flexibility index (Phi) is 12.8.